The number of esters is 1. The molecule has 1 atom stereocenters. The van der Waals surface area contributed by atoms with Crippen molar-refractivity contribution in [3.05, 3.63) is 29.3 Å². The summed E-state index contributed by atoms with van der Waals surface area (Å²) >= 11 is 0. The maximum Gasteiger partial charge on any atom is 0.329 e. The fourth-order valence-corrected chi connectivity index (χ4v) is 2.05. The first-order chi connectivity index (χ1) is 9.44. The Bertz CT molecular complexity index is 439. The fourth-order valence-electron chi connectivity index (χ4n) is 2.05. The van der Waals surface area contributed by atoms with Gasteiger partial charge in [0.1, 0.15) is 17.9 Å². The lowest BCUT2D eigenvalue weighted by molar-refractivity contribution is -0.149. The highest BCUT2D eigenvalue weighted by atomic mass is 16.5. The molecular formula is C16H25NO3. The van der Waals surface area contributed by atoms with Gasteiger partial charge in [-0.05, 0) is 44.9 Å². The van der Waals surface area contributed by atoms with Crippen molar-refractivity contribution < 1.29 is 14.3 Å². The fraction of sp³-hybridized carbons (Fsp3) is 0.562. The quantitative estimate of drug-likeness (QED) is 0.779. The topological polar surface area (TPSA) is 47.6 Å². The van der Waals surface area contributed by atoms with Gasteiger partial charge in [-0.2, -0.15) is 0 Å². The Labute approximate surface area is 121 Å². The van der Waals surface area contributed by atoms with Crippen LogP contribution in [0.5, 0.6) is 5.75 Å². The molecule has 112 valence electrons. The van der Waals surface area contributed by atoms with E-state index in [1.54, 1.807) is 0 Å². The van der Waals surface area contributed by atoms with Gasteiger partial charge >= 0.3 is 5.97 Å². The Balaban J connectivity index is 2.83. The maximum atomic E-state index is 12.0. The molecule has 0 bridgehead atoms. The predicted octanol–water partition coefficient (Wildman–Crippen LogP) is 2.61. The molecule has 0 amide bonds. The minimum Gasteiger partial charge on any atom is -0.490 e. The average molecular weight is 279 g/mol. The number of nitrogens with one attached hydrogen (secondary N) is 1. The zero-order chi connectivity index (χ0) is 15.2. The largest absolute Gasteiger partial charge is 0.490 e. The molecule has 0 radical (unpaired) electrons. The third kappa shape index (κ3) is 3.97. The second-order valence-corrected chi connectivity index (χ2v) is 5.26. The summed E-state index contributed by atoms with van der Waals surface area (Å²) in [6.45, 7) is 8.83. The van der Waals surface area contributed by atoms with Gasteiger partial charge in [-0.3, -0.25) is 5.32 Å². The van der Waals surface area contributed by atoms with Crippen LogP contribution in [0.25, 0.3) is 0 Å². The van der Waals surface area contributed by atoms with Crippen LogP contribution < -0.4 is 10.1 Å². The van der Waals surface area contributed by atoms with Gasteiger partial charge < -0.3 is 9.47 Å². The van der Waals surface area contributed by atoms with Crippen LogP contribution in [0.1, 0.15) is 31.4 Å². The maximum absolute atomic E-state index is 12.0. The van der Waals surface area contributed by atoms with Crippen molar-refractivity contribution in [3.8, 4) is 5.75 Å². The number of hydrogen-bond acceptors (Lipinski definition) is 4. The number of carbonyl (C=O) groups excluding carboxylic acids is 1. The summed E-state index contributed by atoms with van der Waals surface area (Å²) in [5.41, 5.74) is 1.29. The zero-order valence-corrected chi connectivity index (χ0v) is 13.1. The van der Waals surface area contributed by atoms with Gasteiger partial charge in [0.15, 0.2) is 0 Å². The Morgan fingerprint density at radius 3 is 2.40 bits per heavy atom. The van der Waals surface area contributed by atoms with Crippen LogP contribution in [0.4, 0.5) is 0 Å². The summed E-state index contributed by atoms with van der Waals surface area (Å²) in [5.74, 6) is 0.526. The predicted molar refractivity (Wildman–Crippen MR) is 80.1 cm³/mol. The normalized spacial score (nSPS) is 13.7. The molecule has 0 aromatic heterocycles. The van der Waals surface area contributed by atoms with E-state index < -0.39 is 5.54 Å². The zero-order valence-electron chi connectivity index (χ0n) is 13.1. The molecule has 0 heterocycles. The van der Waals surface area contributed by atoms with Crippen LogP contribution >= 0.6 is 0 Å². The van der Waals surface area contributed by atoms with Crippen LogP contribution in [-0.2, 0) is 9.53 Å². The summed E-state index contributed by atoms with van der Waals surface area (Å²) < 4.78 is 10.8. The molecule has 0 aliphatic carbocycles. The van der Waals surface area contributed by atoms with E-state index in [-0.39, 0.29) is 12.6 Å². The molecule has 1 rings (SSSR count). The van der Waals surface area contributed by atoms with E-state index in [1.165, 1.54) is 7.11 Å². The van der Waals surface area contributed by atoms with Crippen molar-refractivity contribution in [2.75, 3.05) is 20.3 Å². The van der Waals surface area contributed by atoms with E-state index >= 15 is 0 Å². The summed E-state index contributed by atoms with van der Waals surface area (Å²) in [6.07, 6.45) is 0.940. The second-order valence-electron chi connectivity index (χ2n) is 5.26. The molecule has 1 unspecified atom stereocenters. The van der Waals surface area contributed by atoms with E-state index in [0.29, 0.717) is 0 Å². The number of rotatable bonds is 7. The minimum atomic E-state index is -0.834. The smallest absolute Gasteiger partial charge is 0.329 e. The van der Waals surface area contributed by atoms with Crippen LogP contribution in [0.3, 0.4) is 0 Å². The first-order valence-corrected chi connectivity index (χ1v) is 6.97. The summed E-state index contributed by atoms with van der Waals surface area (Å²) in [7, 11) is 1.40. The van der Waals surface area contributed by atoms with Gasteiger partial charge in [-0.25, -0.2) is 4.79 Å². The van der Waals surface area contributed by atoms with Crippen LogP contribution in [0.2, 0.25) is 0 Å². The van der Waals surface area contributed by atoms with Crippen LogP contribution in [-0.4, -0.2) is 31.8 Å². The van der Waals surface area contributed by atoms with Crippen molar-refractivity contribution in [2.45, 2.75) is 39.7 Å². The van der Waals surface area contributed by atoms with Gasteiger partial charge in [0.25, 0.3) is 0 Å². The third-order valence-corrected chi connectivity index (χ3v) is 3.32. The number of hydrogen-bond donors (Lipinski definition) is 1. The lowest BCUT2D eigenvalue weighted by Crippen LogP contribution is -2.54. The molecule has 4 heteroatoms. The summed E-state index contributed by atoms with van der Waals surface area (Å²) in [4.78, 5) is 12.0. The van der Waals surface area contributed by atoms with Crippen LogP contribution in [0.15, 0.2) is 18.2 Å². The van der Waals surface area contributed by atoms with E-state index in [4.69, 9.17) is 9.47 Å². The minimum absolute atomic E-state index is 0.241. The van der Waals surface area contributed by atoms with E-state index in [9.17, 15) is 4.79 Å². The molecule has 0 saturated carbocycles. The SMILES string of the molecule is CCCNC(C)(COc1c(C)cccc1C)C(=O)OC. The van der Waals surface area contributed by atoms with Gasteiger partial charge in [-0.15, -0.1) is 0 Å². The van der Waals surface area contributed by atoms with Crippen molar-refractivity contribution in [3.63, 3.8) is 0 Å². The molecular weight excluding hydrogens is 254 g/mol. The number of carbonyl (C=O) groups is 1. The Morgan fingerprint density at radius 1 is 1.30 bits per heavy atom. The van der Waals surface area contributed by atoms with Gasteiger partial charge in [0.2, 0.25) is 0 Å². The van der Waals surface area contributed by atoms with Crippen molar-refractivity contribution >= 4 is 5.97 Å². The summed E-state index contributed by atoms with van der Waals surface area (Å²) in [5, 5.41) is 3.21. The second kappa shape index (κ2) is 7.29. The van der Waals surface area contributed by atoms with E-state index in [2.05, 4.69) is 12.2 Å². The first kappa shape index (κ1) is 16.5. The first-order valence-electron chi connectivity index (χ1n) is 6.97. The van der Waals surface area contributed by atoms with Crippen LogP contribution in [0, 0.1) is 13.8 Å². The molecule has 20 heavy (non-hydrogen) atoms. The average Bonchev–Trinajstić information content (AvgIpc) is 2.43. The number of benzene rings is 1. The molecule has 0 fully saturated rings. The standard InChI is InChI=1S/C16H25NO3/c1-6-10-17-16(4,15(18)19-5)11-20-14-12(2)8-7-9-13(14)3/h7-9,17H,6,10-11H2,1-5H3. The molecule has 0 saturated heterocycles. The van der Waals surface area contributed by atoms with Gasteiger partial charge in [0, 0.05) is 0 Å². The number of aryl methyl sites for hydroxylation is 2. The van der Waals surface area contributed by atoms with E-state index in [0.717, 1.165) is 29.8 Å². The Kier molecular flexibility index (Phi) is 6.02. The van der Waals surface area contributed by atoms with Crippen molar-refractivity contribution in [2.24, 2.45) is 0 Å². The number of methoxy groups -OCH3 is 1. The Morgan fingerprint density at radius 2 is 1.90 bits per heavy atom. The van der Waals surface area contributed by atoms with Crippen molar-refractivity contribution in [1.29, 1.82) is 0 Å². The lowest BCUT2D eigenvalue weighted by atomic mass is 10.0. The molecule has 0 aliphatic heterocycles. The molecule has 1 aromatic carbocycles. The Hall–Kier alpha value is -1.55. The highest BCUT2D eigenvalue weighted by Gasteiger charge is 2.35. The highest BCUT2D eigenvalue weighted by molar-refractivity contribution is 5.80. The van der Waals surface area contributed by atoms with Crippen molar-refractivity contribution in [1.82, 2.24) is 5.32 Å². The number of para-hydroxylation sites is 1. The molecule has 0 spiro atoms. The lowest BCUT2D eigenvalue weighted by Gasteiger charge is -2.28. The molecule has 4 nitrogen and oxygen atoms in total. The molecule has 0 aliphatic rings. The monoisotopic (exact) mass is 279 g/mol. The number of ether oxygens (including phenoxy) is 2. The van der Waals surface area contributed by atoms with Gasteiger partial charge in [0.05, 0.1) is 7.11 Å². The molecule has 1 N–H and O–H groups in total. The summed E-state index contributed by atoms with van der Waals surface area (Å²) in [6, 6.07) is 5.99. The molecule has 1 aromatic rings. The van der Waals surface area contributed by atoms with Gasteiger partial charge in [-0.1, -0.05) is 25.1 Å². The highest BCUT2D eigenvalue weighted by Crippen LogP contribution is 2.23. The third-order valence-electron chi connectivity index (χ3n) is 3.32. The van der Waals surface area contributed by atoms with E-state index in [1.807, 2.05) is 39.0 Å².